The maximum absolute atomic E-state index is 10.8. The number of aromatic carboxylic acids is 1. The minimum atomic E-state index is -1.13. The second kappa shape index (κ2) is 7.95. The van der Waals surface area contributed by atoms with E-state index in [-0.39, 0.29) is 5.56 Å². The van der Waals surface area contributed by atoms with Crippen LogP contribution in [0.5, 0.6) is 0 Å². The molecule has 23 heavy (non-hydrogen) atoms. The van der Waals surface area contributed by atoms with Crippen molar-refractivity contribution in [3.05, 3.63) is 53.1 Å². The van der Waals surface area contributed by atoms with Crippen molar-refractivity contribution in [2.45, 2.75) is 59.5 Å². The number of carboxylic acid groups (broad SMARTS) is 1. The Kier molecular flexibility index (Phi) is 5.97. The van der Waals surface area contributed by atoms with E-state index in [0.717, 1.165) is 25.1 Å². The molecule has 0 aliphatic rings. The van der Waals surface area contributed by atoms with Gasteiger partial charge in [0.25, 0.3) is 5.82 Å². The number of hydrogen-bond donors (Lipinski definition) is 0. The zero-order valence-electron chi connectivity index (χ0n) is 14.3. The summed E-state index contributed by atoms with van der Waals surface area (Å²) in [5.74, 6) is 0.222. The monoisotopic (exact) mass is 314 g/mol. The van der Waals surface area contributed by atoms with Crippen molar-refractivity contribution >= 4 is 5.97 Å². The van der Waals surface area contributed by atoms with Crippen molar-refractivity contribution in [3.63, 3.8) is 0 Å². The molecule has 0 saturated heterocycles. The Morgan fingerprint density at radius 1 is 1.17 bits per heavy atom. The molecule has 4 heteroatoms. The van der Waals surface area contributed by atoms with Crippen LogP contribution in [0.4, 0.5) is 0 Å². The van der Waals surface area contributed by atoms with Crippen LogP contribution in [0, 0.1) is 6.92 Å². The lowest BCUT2D eigenvalue weighted by Gasteiger charge is -2.06. The van der Waals surface area contributed by atoms with Crippen LogP contribution in [0.2, 0.25) is 0 Å². The molecule has 4 nitrogen and oxygen atoms in total. The number of unbranched alkanes of at least 4 members (excludes halogenated alkanes) is 2. The van der Waals surface area contributed by atoms with Gasteiger partial charge in [-0.2, -0.15) is 0 Å². The van der Waals surface area contributed by atoms with E-state index in [9.17, 15) is 9.90 Å². The molecule has 0 N–H and O–H groups in total. The van der Waals surface area contributed by atoms with Crippen molar-refractivity contribution in [2.75, 3.05) is 0 Å². The number of rotatable bonds is 8. The van der Waals surface area contributed by atoms with Crippen LogP contribution in [0.25, 0.3) is 0 Å². The van der Waals surface area contributed by atoms with Crippen molar-refractivity contribution in [3.8, 4) is 0 Å². The van der Waals surface area contributed by atoms with Gasteiger partial charge in [0.2, 0.25) is 0 Å². The zero-order valence-corrected chi connectivity index (χ0v) is 14.3. The molecule has 0 unspecified atom stereocenters. The first-order valence-corrected chi connectivity index (χ1v) is 8.45. The van der Waals surface area contributed by atoms with Gasteiger partial charge in [-0.25, -0.2) is 9.13 Å². The summed E-state index contributed by atoms with van der Waals surface area (Å²) >= 11 is 0. The van der Waals surface area contributed by atoms with Crippen molar-refractivity contribution < 1.29 is 14.5 Å². The van der Waals surface area contributed by atoms with Crippen LogP contribution in [0.1, 0.15) is 60.5 Å². The Morgan fingerprint density at radius 3 is 2.43 bits per heavy atom. The number of carbonyl (C=O) groups excluding carboxylic acids is 1. The first-order valence-electron chi connectivity index (χ1n) is 8.45. The Balaban J connectivity index is 2.22. The third kappa shape index (κ3) is 4.21. The number of nitrogens with zero attached hydrogens (tertiary/aromatic N) is 2. The van der Waals surface area contributed by atoms with E-state index >= 15 is 0 Å². The fourth-order valence-corrected chi connectivity index (χ4v) is 3.05. The first kappa shape index (κ1) is 17.3. The van der Waals surface area contributed by atoms with E-state index in [1.165, 1.54) is 30.8 Å². The Hall–Kier alpha value is -2.10. The second-order valence-electron chi connectivity index (χ2n) is 6.00. The number of carboxylic acids is 1. The molecule has 0 fully saturated rings. The van der Waals surface area contributed by atoms with E-state index in [1.807, 2.05) is 12.1 Å². The number of hydrogen-bond acceptors (Lipinski definition) is 2. The van der Waals surface area contributed by atoms with Gasteiger partial charge in [-0.05, 0) is 24.5 Å². The molecule has 0 radical (unpaired) electrons. The van der Waals surface area contributed by atoms with Gasteiger partial charge >= 0.3 is 0 Å². The molecule has 1 heterocycles. The normalized spacial score (nSPS) is 10.9. The standard InChI is InChI=1S/C19H26N2O2/c1-4-6-7-8-18-20(13-15(3)21(18)5-2)14-16-9-11-17(12-10-16)19(22)23/h9-13H,4-8,14H2,1-3H3. The molecule has 0 spiro atoms. The summed E-state index contributed by atoms with van der Waals surface area (Å²) in [6.45, 7) is 8.28. The van der Waals surface area contributed by atoms with Crippen molar-refractivity contribution in [1.29, 1.82) is 0 Å². The van der Waals surface area contributed by atoms with Gasteiger partial charge in [-0.1, -0.05) is 44.0 Å². The van der Waals surface area contributed by atoms with Crippen molar-refractivity contribution in [2.24, 2.45) is 0 Å². The summed E-state index contributed by atoms with van der Waals surface area (Å²) in [4.78, 5) is 10.8. The third-order valence-electron chi connectivity index (χ3n) is 4.27. The van der Waals surface area contributed by atoms with Crippen LogP contribution in [0.3, 0.4) is 0 Å². The lowest BCUT2D eigenvalue weighted by atomic mass is 10.1. The average Bonchev–Trinajstić information content (AvgIpc) is 2.83. The summed E-state index contributed by atoms with van der Waals surface area (Å²) in [6, 6.07) is 6.97. The maximum atomic E-state index is 10.8. The minimum absolute atomic E-state index is 0.226. The van der Waals surface area contributed by atoms with Gasteiger partial charge in [-0.15, -0.1) is 0 Å². The highest BCUT2D eigenvalue weighted by atomic mass is 16.4. The molecule has 0 aliphatic heterocycles. The maximum Gasteiger partial charge on any atom is 0.256 e. The molecule has 2 rings (SSSR count). The number of aryl methyl sites for hydroxylation is 1. The van der Waals surface area contributed by atoms with Gasteiger partial charge in [0.1, 0.15) is 18.4 Å². The Morgan fingerprint density at radius 2 is 1.87 bits per heavy atom. The van der Waals surface area contributed by atoms with E-state index < -0.39 is 5.97 Å². The molecule has 1 aromatic heterocycles. The number of carbonyl (C=O) groups is 1. The molecule has 0 aliphatic carbocycles. The number of aromatic nitrogens is 2. The van der Waals surface area contributed by atoms with E-state index in [0.29, 0.717) is 0 Å². The second-order valence-corrected chi connectivity index (χ2v) is 6.00. The van der Waals surface area contributed by atoms with Crippen LogP contribution < -0.4 is 9.67 Å². The smallest absolute Gasteiger partial charge is 0.256 e. The highest BCUT2D eigenvalue weighted by molar-refractivity contribution is 5.85. The molecule has 0 atom stereocenters. The highest BCUT2D eigenvalue weighted by Gasteiger charge is 2.19. The number of benzene rings is 1. The molecule has 1 aromatic carbocycles. The molecule has 2 aromatic rings. The molecule has 124 valence electrons. The van der Waals surface area contributed by atoms with Crippen LogP contribution in [0.15, 0.2) is 30.5 Å². The zero-order chi connectivity index (χ0) is 16.8. The Labute approximate surface area is 138 Å². The lowest BCUT2D eigenvalue weighted by Crippen LogP contribution is -2.37. The molecule has 0 bridgehead atoms. The summed E-state index contributed by atoms with van der Waals surface area (Å²) in [5.41, 5.74) is 2.60. The summed E-state index contributed by atoms with van der Waals surface area (Å²) < 4.78 is 4.66. The quantitative estimate of drug-likeness (QED) is 0.554. The van der Waals surface area contributed by atoms with Gasteiger partial charge in [0.05, 0.1) is 12.5 Å². The molecular weight excluding hydrogens is 288 g/mol. The SMILES string of the molecule is CCCCCc1n(CC)c(C)c[n+]1Cc1ccc(C(=O)[O-])cc1. The summed E-state index contributed by atoms with van der Waals surface area (Å²) in [6.07, 6.45) is 6.93. The molecule has 0 saturated carbocycles. The largest absolute Gasteiger partial charge is 0.545 e. The number of imidazole rings is 1. The van der Waals surface area contributed by atoms with Crippen LogP contribution in [-0.4, -0.2) is 10.5 Å². The fourth-order valence-electron chi connectivity index (χ4n) is 3.05. The third-order valence-corrected chi connectivity index (χ3v) is 4.27. The van der Waals surface area contributed by atoms with E-state index in [2.05, 4.69) is 36.1 Å². The summed E-state index contributed by atoms with van der Waals surface area (Å²) in [5, 5.41) is 10.8. The fraction of sp³-hybridized carbons (Fsp3) is 0.474. The van der Waals surface area contributed by atoms with Gasteiger partial charge < -0.3 is 9.90 Å². The van der Waals surface area contributed by atoms with Gasteiger partial charge in [0, 0.05) is 13.3 Å². The average molecular weight is 314 g/mol. The molecule has 0 amide bonds. The van der Waals surface area contributed by atoms with Gasteiger partial charge in [-0.3, -0.25) is 0 Å². The Bertz CT molecular complexity index is 657. The summed E-state index contributed by atoms with van der Waals surface area (Å²) in [7, 11) is 0. The predicted octanol–water partition coefficient (Wildman–Crippen LogP) is 2.25. The molecular formula is C19H26N2O2. The van der Waals surface area contributed by atoms with Gasteiger partial charge in [0.15, 0.2) is 0 Å². The predicted molar refractivity (Wildman–Crippen MR) is 88.1 cm³/mol. The van der Waals surface area contributed by atoms with Crippen LogP contribution >= 0.6 is 0 Å². The first-order chi connectivity index (χ1) is 11.1. The highest BCUT2D eigenvalue weighted by Crippen LogP contribution is 2.10. The van der Waals surface area contributed by atoms with E-state index in [4.69, 9.17) is 0 Å². The van der Waals surface area contributed by atoms with Crippen molar-refractivity contribution in [1.82, 2.24) is 4.57 Å². The lowest BCUT2D eigenvalue weighted by molar-refractivity contribution is -0.695. The van der Waals surface area contributed by atoms with E-state index in [1.54, 1.807) is 12.1 Å². The van der Waals surface area contributed by atoms with Crippen LogP contribution in [-0.2, 0) is 19.5 Å². The minimum Gasteiger partial charge on any atom is -0.545 e. The topological polar surface area (TPSA) is 48.9 Å².